The number of rotatable bonds is 2. The van der Waals surface area contributed by atoms with Gasteiger partial charge in [0.15, 0.2) is 0 Å². The number of aliphatic hydroxyl groups excluding tert-OH is 1. The number of carbonyl (C=O) groups is 4. The molecule has 6 atom stereocenters. The van der Waals surface area contributed by atoms with Crippen molar-refractivity contribution in [3.05, 3.63) is 35.9 Å². The molecular weight excluding hydrogens is 478 g/mol. The Hall–Kier alpha value is -3.02. The van der Waals surface area contributed by atoms with Gasteiger partial charge in [0.05, 0.1) is 18.7 Å². The first kappa shape index (κ1) is 27.0. The average Bonchev–Trinajstić information content (AvgIpc) is 3.39. The van der Waals surface area contributed by atoms with Crippen molar-refractivity contribution >= 4 is 23.6 Å². The maximum atomic E-state index is 13.4. The summed E-state index contributed by atoms with van der Waals surface area (Å²) in [6.07, 6.45) is 0.272. The minimum atomic E-state index is -0.991. The third-order valence-electron chi connectivity index (χ3n) is 7.59. The smallest absolute Gasteiger partial charge is 0.245 e. The Kier molecular flexibility index (Phi) is 8.78. The molecule has 0 saturated carbocycles. The fourth-order valence-electron chi connectivity index (χ4n) is 5.19. The lowest BCUT2D eigenvalue weighted by molar-refractivity contribution is -0.146. The van der Waals surface area contributed by atoms with Crippen LogP contribution in [0.2, 0.25) is 0 Å². The molecule has 3 aliphatic heterocycles. The second-order valence-electron chi connectivity index (χ2n) is 10.1. The van der Waals surface area contributed by atoms with Gasteiger partial charge in [-0.25, -0.2) is 0 Å². The lowest BCUT2D eigenvalue weighted by Gasteiger charge is -2.36. The van der Waals surface area contributed by atoms with E-state index in [2.05, 4.69) is 16.0 Å². The molecule has 3 saturated heterocycles. The number of fused-ring (bicyclic) bond motifs is 3. The molecule has 0 radical (unpaired) electrons. The maximum absolute atomic E-state index is 13.4. The van der Waals surface area contributed by atoms with Crippen molar-refractivity contribution in [2.45, 2.75) is 69.0 Å². The van der Waals surface area contributed by atoms with Crippen LogP contribution in [0.4, 0.5) is 0 Å². The first-order valence-electron chi connectivity index (χ1n) is 13.0. The lowest BCUT2D eigenvalue weighted by atomic mass is 9.98. The van der Waals surface area contributed by atoms with E-state index < -0.39 is 48.2 Å². The molecular formula is C26H37N5O6. The number of ether oxygens (including phenoxy) is 1. The summed E-state index contributed by atoms with van der Waals surface area (Å²) < 4.78 is 5.71. The summed E-state index contributed by atoms with van der Waals surface area (Å²) in [6.45, 7) is 2.61. The van der Waals surface area contributed by atoms with Crippen molar-refractivity contribution in [2.24, 2.45) is 0 Å². The van der Waals surface area contributed by atoms with Crippen LogP contribution < -0.4 is 16.0 Å². The van der Waals surface area contributed by atoms with E-state index in [4.69, 9.17) is 4.74 Å². The zero-order chi connectivity index (χ0) is 26.5. The van der Waals surface area contributed by atoms with Crippen LogP contribution in [-0.2, 0) is 30.3 Å². The van der Waals surface area contributed by atoms with Crippen LogP contribution in [0.15, 0.2) is 30.3 Å². The SMILES string of the molecule is C[C@H]1C(=O)N[C@@H](Cc2ccccc2)C(=O)N[C@H]2CCO[C@H](CNCC(=O)N3CCC[C@H]3C(=O)N1C)[C@H]2O. The Labute approximate surface area is 216 Å². The molecule has 11 nitrogen and oxygen atoms in total. The summed E-state index contributed by atoms with van der Waals surface area (Å²) in [5, 5.41) is 19.7. The minimum Gasteiger partial charge on any atom is -0.388 e. The minimum absolute atomic E-state index is 0.00765. The zero-order valence-corrected chi connectivity index (χ0v) is 21.4. The number of carbonyl (C=O) groups excluding carboxylic acids is 4. The van der Waals surface area contributed by atoms with Gasteiger partial charge in [-0.3, -0.25) is 19.2 Å². The number of hydrogen-bond acceptors (Lipinski definition) is 7. The van der Waals surface area contributed by atoms with E-state index in [9.17, 15) is 24.3 Å². The van der Waals surface area contributed by atoms with Gasteiger partial charge in [-0.2, -0.15) is 0 Å². The number of amides is 4. The molecule has 0 aliphatic carbocycles. The summed E-state index contributed by atoms with van der Waals surface area (Å²) in [4.78, 5) is 55.7. The number of benzene rings is 1. The van der Waals surface area contributed by atoms with Gasteiger partial charge in [-0.1, -0.05) is 30.3 Å². The Morgan fingerprint density at radius 2 is 1.81 bits per heavy atom. The highest BCUT2D eigenvalue weighted by atomic mass is 16.5. The maximum Gasteiger partial charge on any atom is 0.245 e. The molecule has 3 heterocycles. The van der Waals surface area contributed by atoms with E-state index in [1.807, 2.05) is 30.3 Å². The highest BCUT2D eigenvalue weighted by Crippen LogP contribution is 2.21. The molecule has 202 valence electrons. The lowest BCUT2D eigenvalue weighted by Crippen LogP contribution is -2.60. The summed E-state index contributed by atoms with van der Waals surface area (Å²) in [7, 11) is 1.54. The second-order valence-corrected chi connectivity index (χ2v) is 10.1. The van der Waals surface area contributed by atoms with Crippen LogP contribution in [-0.4, -0.2) is 108 Å². The standard InChI is InChI=1S/C26H37N5O6/c1-16-24(34)29-19(13-17-7-4-3-5-8-17)25(35)28-18-10-12-37-21(23(18)33)14-27-15-22(32)31-11-6-9-20(31)26(36)30(16)2/h3-5,7-8,16,18-21,23,27,33H,6,9-15H2,1-2H3,(H,28,35)(H,29,34)/t16-,18-,19-,20-,21+,23-/m0/s1. The predicted octanol–water partition coefficient (Wildman–Crippen LogP) is -1.21. The van der Waals surface area contributed by atoms with E-state index >= 15 is 0 Å². The van der Waals surface area contributed by atoms with Gasteiger partial charge in [-0.05, 0) is 31.7 Å². The van der Waals surface area contributed by atoms with Crippen LogP contribution in [0.25, 0.3) is 0 Å². The molecule has 0 spiro atoms. The molecule has 1 aromatic rings. The summed E-state index contributed by atoms with van der Waals surface area (Å²) >= 11 is 0. The first-order chi connectivity index (χ1) is 17.8. The number of nitrogens with zero attached hydrogens (tertiary/aromatic N) is 2. The molecule has 3 aliphatic rings. The number of aliphatic hydroxyl groups is 1. The van der Waals surface area contributed by atoms with Gasteiger partial charge in [0.2, 0.25) is 23.6 Å². The average molecular weight is 516 g/mol. The van der Waals surface area contributed by atoms with Gasteiger partial charge in [-0.15, -0.1) is 0 Å². The zero-order valence-electron chi connectivity index (χ0n) is 21.4. The topological polar surface area (TPSA) is 140 Å². The van der Waals surface area contributed by atoms with Crippen LogP contribution >= 0.6 is 0 Å². The van der Waals surface area contributed by atoms with Crippen LogP contribution in [0.1, 0.15) is 31.7 Å². The van der Waals surface area contributed by atoms with Crippen molar-refractivity contribution in [1.29, 1.82) is 0 Å². The van der Waals surface area contributed by atoms with Gasteiger partial charge in [0, 0.05) is 33.2 Å². The Morgan fingerprint density at radius 1 is 1.05 bits per heavy atom. The van der Waals surface area contributed by atoms with Crippen LogP contribution in [0.3, 0.4) is 0 Å². The Bertz CT molecular complexity index is 991. The van der Waals surface area contributed by atoms with Crippen molar-refractivity contribution in [2.75, 3.05) is 33.3 Å². The fraction of sp³-hybridized carbons (Fsp3) is 0.615. The van der Waals surface area contributed by atoms with Crippen molar-refractivity contribution in [1.82, 2.24) is 25.8 Å². The molecule has 0 aromatic heterocycles. The summed E-state index contributed by atoms with van der Waals surface area (Å²) in [5.74, 6) is -1.42. The molecule has 4 amide bonds. The van der Waals surface area contributed by atoms with Gasteiger partial charge >= 0.3 is 0 Å². The molecule has 37 heavy (non-hydrogen) atoms. The quantitative estimate of drug-likeness (QED) is 0.387. The first-order valence-corrected chi connectivity index (χ1v) is 13.0. The molecule has 0 unspecified atom stereocenters. The fourth-order valence-corrected chi connectivity index (χ4v) is 5.19. The van der Waals surface area contributed by atoms with Crippen LogP contribution in [0, 0.1) is 0 Å². The van der Waals surface area contributed by atoms with Gasteiger partial charge in [0.1, 0.15) is 24.2 Å². The van der Waals surface area contributed by atoms with E-state index in [1.54, 1.807) is 18.9 Å². The van der Waals surface area contributed by atoms with E-state index in [0.717, 1.165) is 5.56 Å². The second kappa shape index (κ2) is 12.0. The van der Waals surface area contributed by atoms with E-state index in [0.29, 0.717) is 32.4 Å². The number of hydrogen-bond donors (Lipinski definition) is 4. The monoisotopic (exact) mass is 515 g/mol. The Balaban J connectivity index is 1.60. The molecule has 4 rings (SSSR count). The van der Waals surface area contributed by atoms with Crippen molar-refractivity contribution in [3.63, 3.8) is 0 Å². The summed E-state index contributed by atoms with van der Waals surface area (Å²) in [6, 6.07) is 6.35. The van der Waals surface area contributed by atoms with Crippen molar-refractivity contribution < 1.29 is 29.0 Å². The largest absolute Gasteiger partial charge is 0.388 e. The van der Waals surface area contributed by atoms with Crippen molar-refractivity contribution in [3.8, 4) is 0 Å². The molecule has 2 bridgehead atoms. The summed E-state index contributed by atoms with van der Waals surface area (Å²) in [5.41, 5.74) is 0.862. The number of nitrogens with one attached hydrogen (secondary N) is 3. The predicted molar refractivity (Wildman–Crippen MR) is 134 cm³/mol. The van der Waals surface area contributed by atoms with Gasteiger partial charge < -0.3 is 35.6 Å². The Morgan fingerprint density at radius 3 is 2.57 bits per heavy atom. The van der Waals surface area contributed by atoms with E-state index in [1.165, 1.54) is 4.90 Å². The molecule has 1 aromatic carbocycles. The molecule has 3 fully saturated rings. The molecule has 4 N–H and O–H groups in total. The van der Waals surface area contributed by atoms with Crippen LogP contribution in [0.5, 0.6) is 0 Å². The third-order valence-corrected chi connectivity index (χ3v) is 7.59. The third kappa shape index (κ3) is 6.28. The van der Waals surface area contributed by atoms with Gasteiger partial charge in [0.25, 0.3) is 0 Å². The highest BCUT2D eigenvalue weighted by molar-refractivity contribution is 5.94. The normalized spacial score (nSPS) is 32.4. The highest BCUT2D eigenvalue weighted by Gasteiger charge is 2.39. The number of likely N-dealkylation sites (N-methyl/N-ethyl adjacent to an activating group) is 1. The molecule has 11 heteroatoms. The van der Waals surface area contributed by atoms with E-state index in [-0.39, 0.29) is 31.3 Å².